The van der Waals surface area contributed by atoms with Gasteiger partial charge in [0.25, 0.3) is 0 Å². The van der Waals surface area contributed by atoms with Crippen LogP contribution in [0.5, 0.6) is 11.5 Å². The second-order valence-electron chi connectivity index (χ2n) is 4.07. The Balaban J connectivity index is 2.06. The van der Waals surface area contributed by atoms with Crippen LogP contribution in [0.3, 0.4) is 0 Å². The van der Waals surface area contributed by atoms with E-state index in [1.165, 1.54) is 0 Å². The summed E-state index contributed by atoms with van der Waals surface area (Å²) in [6, 6.07) is 4.05. The molecule has 0 radical (unpaired) electrons. The maximum absolute atomic E-state index is 5.62. The summed E-state index contributed by atoms with van der Waals surface area (Å²) in [6.45, 7) is 3.30. The van der Waals surface area contributed by atoms with Gasteiger partial charge in [0.05, 0.1) is 11.0 Å². The molecule has 18 heavy (non-hydrogen) atoms. The molecule has 0 N–H and O–H groups in total. The third-order valence-corrected chi connectivity index (χ3v) is 4.58. The summed E-state index contributed by atoms with van der Waals surface area (Å²) in [5, 5.41) is 3.95. The Labute approximate surface area is 118 Å². The molecule has 0 saturated carbocycles. The SMILES string of the molecule is Cc1cc2c(cc1-c1csc(CBr)n1)OCCO2. The van der Waals surface area contributed by atoms with E-state index >= 15 is 0 Å². The van der Waals surface area contributed by atoms with E-state index in [-0.39, 0.29) is 0 Å². The molecule has 3 nitrogen and oxygen atoms in total. The van der Waals surface area contributed by atoms with Crippen molar-refractivity contribution in [2.24, 2.45) is 0 Å². The van der Waals surface area contributed by atoms with Crippen LogP contribution in [0.25, 0.3) is 11.3 Å². The Morgan fingerprint density at radius 2 is 2.00 bits per heavy atom. The van der Waals surface area contributed by atoms with Crippen molar-refractivity contribution in [1.82, 2.24) is 4.98 Å². The maximum Gasteiger partial charge on any atom is 0.162 e. The molecule has 5 heteroatoms. The lowest BCUT2D eigenvalue weighted by molar-refractivity contribution is 0.171. The quantitative estimate of drug-likeness (QED) is 0.787. The monoisotopic (exact) mass is 325 g/mol. The molecule has 0 bridgehead atoms. The van der Waals surface area contributed by atoms with Crippen molar-refractivity contribution < 1.29 is 9.47 Å². The van der Waals surface area contributed by atoms with Crippen LogP contribution in [0, 0.1) is 6.92 Å². The minimum atomic E-state index is 0.610. The molecule has 94 valence electrons. The number of halogens is 1. The van der Waals surface area contributed by atoms with Gasteiger partial charge in [0.1, 0.15) is 18.2 Å². The highest BCUT2D eigenvalue weighted by Gasteiger charge is 2.16. The third kappa shape index (κ3) is 2.12. The van der Waals surface area contributed by atoms with Crippen molar-refractivity contribution in [3.05, 3.63) is 28.1 Å². The first kappa shape index (κ1) is 12.0. The second-order valence-corrected chi connectivity index (χ2v) is 5.57. The van der Waals surface area contributed by atoms with Crippen molar-refractivity contribution in [2.75, 3.05) is 13.2 Å². The summed E-state index contributed by atoms with van der Waals surface area (Å²) in [7, 11) is 0. The molecule has 0 amide bonds. The van der Waals surface area contributed by atoms with Gasteiger partial charge in [0.2, 0.25) is 0 Å². The topological polar surface area (TPSA) is 31.4 Å². The molecule has 0 unspecified atom stereocenters. The first-order chi connectivity index (χ1) is 8.78. The number of aromatic nitrogens is 1. The Morgan fingerprint density at radius 3 is 2.67 bits per heavy atom. The summed E-state index contributed by atoms with van der Waals surface area (Å²) in [4.78, 5) is 4.58. The Hall–Kier alpha value is -1.07. The molecule has 2 heterocycles. The van der Waals surface area contributed by atoms with E-state index < -0.39 is 0 Å². The predicted molar refractivity (Wildman–Crippen MR) is 75.9 cm³/mol. The zero-order valence-electron chi connectivity index (χ0n) is 9.90. The van der Waals surface area contributed by atoms with Crippen LogP contribution in [0.4, 0.5) is 0 Å². The number of aryl methyl sites for hydroxylation is 1. The summed E-state index contributed by atoms with van der Waals surface area (Å²) in [5.41, 5.74) is 3.28. The molecular weight excluding hydrogens is 314 g/mol. The lowest BCUT2D eigenvalue weighted by atomic mass is 10.1. The minimum Gasteiger partial charge on any atom is -0.486 e. The van der Waals surface area contributed by atoms with Gasteiger partial charge in [0, 0.05) is 10.9 Å². The van der Waals surface area contributed by atoms with E-state index in [1.807, 2.05) is 12.1 Å². The molecule has 1 aromatic heterocycles. The first-order valence-corrected chi connectivity index (χ1v) is 7.69. The van der Waals surface area contributed by atoms with Gasteiger partial charge in [-0.15, -0.1) is 11.3 Å². The lowest BCUT2D eigenvalue weighted by Crippen LogP contribution is -2.15. The third-order valence-electron chi connectivity index (χ3n) is 2.83. The molecule has 0 aliphatic carbocycles. The average Bonchev–Trinajstić information content (AvgIpc) is 2.86. The lowest BCUT2D eigenvalue weighted by Gasteiger charge is -2.19. The van der Waals surface area contributed by atoms with Gasteiger partial charge in [-0.05, 0) is 24.6 Å². The average molecular weight is 326 g/mol. The standard InChI is InChI=1S/C13H12BrNO2S/c1-8-4-11-12(17-3-2-16-11)5-9(8)10-7-18-13(6-14)15-10/h4-5,7H,2-3,6H2,1H3. The van der Waals surface area contributed by atoms with Gasteiger partial charge in [-0.25, -0.2) is 4.98 Å². The summed E-state index contributed by atoms with van der Waals surface area (Å²) < 4.78 is 11.2. The predicted octanol–water partition coefficient (Wildman–Crippen LogP) is 3.78. The number of alkyl halides is 1. The smallest absolute Gasteiger partial charge is 0.162 e. The number of ether oxygens (including phenoxy) is 2. The van der Waals surface area contributed by atoms with E-state index in [0.717, 1.165) is 38.7 Å². The number of rotatable bonds is 2. The molecule has 0 spiro atoms. The number of fused-ring (bicyclic) bond motifs is 1. The van der Waals surface area contributed by atoms with Crippen LogP contribution in [-0.4, -0.2) is 18.2 Å². The van der Waals surface area contributed by atoms with Crippen molar-refractivity contribution in [1.29, 1.82) is 0 Å². The van der Waals surface area contributed by atoms with Gasteiger partial charge < -0.3 is 9.47 Å². The van der Waals surface area contributed by atoms with Crippen LogP contribution in [-0.2, 0) is 5.33 Å². The van der Waals surface area contributed by atoms with E-state index in [4.69, 9.17) is 9.47 Å². The van der Waals surface area contributed by atoms with Crippen LogP contribution >= 0.6 is 27.3 Å². The number of hydrogen-bond donors (Lipinski definition) is 0. The highest BCUT2D eigenvalue weighted by molar-refractivity contribution is 9.08. The van der Waals surface area contributed by atoms with Gasteiger partial charge in [-0.2, -0.15) is 0 Å². The highest BCUT2D eigenvalue weighted by atomic mass is 79.9. The van der Waals surface area contributed by atoms with E-state index in [1.54, 1.807) is 11.3 Å². The van der Waals surface area contributed by atoms with Crippen molar-refractivity contribution in [2.45, 2.75) is 12.3 Å². The normalized spacial score (nSPS) is 13.7. The molecule has 0 saturated heterocycles. The molecule has 0 fully saturated rings. The van der Waals surface area contributed by atoms with Crippen molar-refractivity contribution in [3.8, 4) is 22.8 Å². The van der Waals surface area contributed by atoms with Gasteiger partial charge in [-0.3, -0.25) is 0 Å². The second kappa shape index (κ2) is 4.90. The fourth-order valence-corrected chi connectivity index (χ4v) is 3.13. The zero-order valence-corrected chi connectivity index (χ0v) is 12.3. The summed E-state index contributed by atoms with van der Waals surface area (Å²) in [6.07, 6.45) is 0. The van der Waals surface area contributed by atoms with Crippen molar-refractivity contribution >= 4 is 27.3 Å². The number of benzene rings is 1. The van der Waals surface area contributed by atoms with E-state index in [0.29, 0.717) is 13.2 Å². The van der Waals surface area contributed by atoms with Gasteiger partial charge in [-0.1, -0.05) is 15.9 Å². The Morgan fingerprint density at radius 1 is 1.28 bits per heavy atom. The molecular formula is C13H12BrNO2S. The largest absolute Gasteiger partial charge is 0.486 e. The fraction of sp³-hybridized carbons (Fsp3) is 0.308. The van der Waals surface area contributed by atoms with Crippen molar-refractivity contribution in [3.63, 3.8) is 0 Å². The van der Waals surface area contributed by atoms with Crippen LogP contribution in [0.1, 0.15) is 10.6 Å². The summed E-state index contributed by atoms with van der Waals surface area (Å²) in [5.74, 6) is 1.65. The molecule has 0 atom stereocenters. The molecule has 1 aliphatic heterocycles. The minimum absolute atomic E-state index is 0.610. The molecule has 2 aromatic rings. The first-order valence-electron chi connectivity index (χ1n) is 5.69. The van der Waals surface area contributed by atoms with Crippen LogP contribution in [0.15, 0.2) is 17.5 Å². The number of hydrogen-bond acceptors (Lipinski definition) is 4. The Bertz CT molecular complexity index is 582. The number of nitrogens with zero attached hydrogens (tertiary/aromatic N) is 1. The van der Waals surface area contributed by atoms with Crippen LogP contribution < -0.4 is 9.47 Å². The van der Waals surface area contributed by atoms with E-state index in [9.17, 15) is 0 Å². The van der Waals surface area contributed by atoms with Crippen LogP contribution in [0.2, 0.25) is 0 Å². The summed E-state index contributed by atoms with van der Waals surface area (Å²) >= 11 is 5.09. The van der Waals surface area contributed by atoms with Gasteiger partial charge >= 0.3 is 0 Å². The Kier molecular flexibility index (Phi) is 3.26. The highest BCUT2D eigenvalue weighted by Crippen LogP contribution is 2.37. The maximum atomic E-state index is 5.62. The molecule has 3 rings (SSSR count). The van der Waals surface area contributed by atoms with E-state index in [2.05, 4.69) is 33.2 Å². The molecule has 1 aromatic carbocycles. The fourth-order valence-electron chi connectivity index (χ4n) is 1.96. The zero-order chi connectivity index (χ0) is 12.5. The molecule has 1 aliphatic rings. The van der Waals surface area contributed by atoms with Gasteiger partial charge in [0.15, 0.2) is 11.5 Å². The number of thiazole rings is 1.